The summed E-state index contributed by atoms with van der Waals surface area (Å²) in [4.78, 5) is 31.3. The number of nitrogens with one attached hydrogen (secondary N) is 4. The Bertz CT molecular complexity index is 927. The normalized spacial score (nSPS) is 22.3. The van der Waals surface area contributed by atoms with Gasteiger partial charge in [0.15, 0.2) is 6.54 Å². The Morgan fingerprint density at radius 2 is 1.84 bits per heavy atom. The van der Waals surface area contributed by atoms with E-state index in [-0.39, 0.29) is 11.6 Å². The van der Waals surface area contributed by atoms with E-state index in [0.717, 1.165) is 32.2 Å². The molecule has 2 aliphatic rings. The minimum atomic E-state index is -0.523. The lowest BCUT2D eigenvalue weighted by atomic mass is 9.94. The maximum Gasteiger partial charge on any atom is 0.356 e. The largest absolute Gasteiger partial charge is 0.496 e. The first kappa shape index (κ1) is 21.6. The number of rotatable bonds is 6. The van der Waals surface area contributed by atoms with Crippen molar-refractivity contribution in [2.24, 2.45) is 0 Å². The second kappa shape index (κ2) is 9.70. The van der Waals surface area contributed by atoms with Gasteiger partial charge >= 0.3 is 5.97 Å². The molecule has 8 heteroatoms. The number of piperazine rings is 1. The number of methoxy groups -OCH3 is 2. The quantitative estimate of drug-likeness (QED) is 0.487. The van der Waals surface area contributed by atoms with E-state index in [1.165, 1.54) is 44.1 Å². The molecular weight excluding hydrogens is 396 g/mol. The van der Waals surface area contributed by atoms with Crippen molar-refractivity contribution in [2.75, 3.05) is 52.3 Å². The molecular formula is C23H34N4O4+2. The molecule has 1 saturated carbocycles. The first-order valence-corrected chi connectivity index (χ1v) is 11.4. The summed E-state index contributed by atoms with van der Waals surface area (Å²) in [5, 5.41) is 3.65. The van der Waals surface area contributed by atoms with E-state index in [0.29, 0.717) is 28.9 Å². The van der Waals surface area contributed by atoms with Crippen LogP contribution in [0.5, 0.6) is 5.75 Å². The molecule has 2 fully saturated rings. The Balaban J connectivity index is 1.43. The van der Waals surface area contributed by atoms with Gasteiger partial charge in [0, 0.05) is 0 Å². The van der Waals surface area contributed by atoms with Crippen LogP contribution in [0.15, 0.2) is 18.2 Å². The second-order valence-electron chi connectivity index (χ2n) is 8.72. The van der Waals surface area contributed by atoms with Crippen LogP contribution in [-0.2, 0) is 9.53 Å². The topological polar surface area (TPSA) is 89.3 Å². The van der Waals surface area contributed by atoms with Crippen molar-refractivity contribution in [3.63, 3.8) is 0 Å². The van der Waals surface area contributed by atoms with Crippen LogP contribution in [0.25, 0.3) is 10.9 Å². The highest BCUT2D eigenvalue weighted by atomic mass is 16.5. The Labute approximate surface area is 182 Å². The fraction of sp³-hybridized carbons (Fsp3) is 0.565. The molecule has 1 aromatic carbocycles. The zero-order valence-electron chi connectivity index (χ0n) is 18.5. The van der Waals surface area contributed by atoms with Crippen LogP contribution in [0.1, 0.15) is 42.6 Å². The van der Waals surface area contributed by atoms with E-state index < -0.39 is 5.97 Å². The molecule has 1 aromatic heterocycles. The third-order valence-electron chi connectivity index (χ3n) is 6.85. The van der Waals surface area contributed by atoms with Crippen molar-refractivity contribution in [3.05, 3.63) is 23.9 Å². The van der Waals surface area contributed by atoms with Crippen LogP contribution in [0.4, 0.5) is 5.69 Å². The lowest BCUT2D eigenvalue weighted by molar-refractivity contribution is -1.02. The summed E-state index contributed by atoms with van der Waals surface area (Å²) in [7, 11) is 2.90. The molecule has 0 radical (unpaired) electrons. The molecule has 2 aromatic rings. The molecule has 1 aliphatic carbocycles. The van der Waals surface area contributed by atoms with Gasteiger partial charge in [0.1, 0.15) is 37.6 Å². The van der Waals surface area contributed by atoms with E-state index in [1.807, 2.05) is 18.2 Å². The Morgan fingerprint density at radius 1 is 1.10 bits per heavy atom. The zero-order chi connectivity index (χ0) is 21.8. The van der Waals surface area contributed by atoms with Gasteiger partial charge in [-0.15, -0.1) is 0 Å². The van der Waals surface area contributed by atoms with Crippen molar-refractivity contribution in [1.82, 2.24) is 4.98 Å². The van der Waals surface area contributed by atoms with E-state index in [4.69, 9.17) is 9.47 Å². The van der Waals surface area contributed by atoms with Crippen molar-refractivity contribution < 1.29 is 28.9 Å². The third-order valence-corrected chi connectivity index (χ3v) is 6.85. The molecule has 8 nitrogen and oxygen atoms in total. The van der Waals surface area contributed by atoms with E-state index in [9.17, 15) is 9.59 Å². The van der Waals surface area contributed by atoms with Crippen molar-refractivity contribution in [2.45, 2.75) is 38.1 Å². The number of aromatic amines is 1. The molecule has 4 rings (SSSR count). The second-order valence-corrected chi connectivity index (χ2v) is 8.72. The maximum absolute atomic E-state index is 12.9. The summed E-state index contributed by atoms with van der Waals surface area (Å²) >= 11 is 0. The number of carbonyl (C=O) groups is 2. The van der Waals surface area contributed by atoms with Crippen LogP contribution in [0.2, 0.25) is 0 Å². The highest BCUT2D eigenvalue weighted by Gasteiger charge is 2.31. The number of anilines is 1. The number of ether oxygens (including phenoxy) is 2. The number of amides is 1. The number of esters is 1. The minimum Gasteiger partial charge on any atom is -0.496 e. The van der Waals surface area contributed by atoms with Gasteiger partial charge in [-0.3, -0.25) is 4.79 Å². The van der Waals surface area contributed by atoms with Crippen molar-refractivity contribution in [1.29, 1.82) is 0 Å². The summed E-state index contributed by atoms with van der Waals surface area (Å²) in [6.07, 6.45) is 6.81. The monoisotopic (exact) mass is 430 g/mol. The first-order valence-electron chi connectivity index (χ1n) is 11.4. The third kappa shape index (κ3) is 4.70. The molecule has 0 atom stereocenters. The molecule has 31 heavy (non-hydrogen) atoms. The number of carbonyl (C=O) groups excluding carboxylic acids is 2. The predicted octanol–water partition coefficient (Wildman–Crippen LogP) is 0.0177. The molecule has 2 heterocycles. The van der Waals surface area contributed by atoms with E-state index >= 15 is 0 Å². The first-order chi connectivity index (χ1) is 15.1. The number of aromatic nitrogens is 1. The molecule has 1 saturated heterocycles. The Hall–Kier alpha value is -2.58. The van der Waals surface area contributed by atoms with Gasteiger partial charge in [-0.25, -0.2) is 4.79 Å². The summed E-state index contributed by atoms with van der Waals surface area (Å²) < 4.78 is 10.4. The van der Waals surface area contributed by atoms with E-state index in [1.54, 1.807) is 12.0 Å². The fourth-order valence-electron chi connectivity index (χ4n) is 5.20. The zero-order valence-corrected chi connectivity index (χ0v) is 18.5. The molecule has 0 spiro atoms. The van der Waals surface area contributed by atoms with Gasteiger partial charge in [-0.05, 0) is 37.8 Å². The van der Waals surface area contributed by atoms with Crippen LogP contribution in [0.3, 0.4) is 0 Å². The van der Waals surface area contributed by atoms with Gasteiger partial charge < -0.3 is 29.6 Å². The number of benzene rings is 1. The summed E-state index contributed by atoms with van der Waals surface area (Å²) in [6.45, 7) is 4.64. The average molecular weight is 431 g/mol. The number of hydrogen-bond acceptors (Lipinski definition) is 4. The fourth-order valence-corrected chi connectivity index (χ4v) is 5.20. The summed E-state index contributed by atoms with van der Waals surface area (Å²) in [5.74, 6) is -0.0325. The van der Waals surface area contributed by atoms with Crippen LogP contribution in [0, 0.1) is 0 Å². The van der Waals surface area contributed by atoms with Crippen LogP contribution >= 0.6 is 0 Å². The maximum atomic E-state index is 12.9. The summed E-state index contributed by atoms with van der Waals surface area (Å²) in [5.41, 5.74) is 1.37. The smallest absolute Gasteiger partial charge is 0.356 e. The molecule has 4 N–H and O–H groups in total. The number of H-pyrrole nitrogens is 1. The number of quaternary nitrogens is 2. The Morgan fingerprint density at radius 3 is 2.52 bits per heavy atom. The van der Waals surface area contributed by atoms with Crippen LogP contribution in [-0.4, -0.2) is 69.8 Å². The molecule has 0 unspecified atom stereocenters. The minimum absolute atomic E-state index is 0.104. The highest BCUT2D eigenvalue weighted by molar-refractivity contribution is 6.13. The highest BCUT2D eigenvalue weighted by Crippen LogP contribution is 2.35. The number of hydrogen-bond donors (Lipinski definition) is 4. The molecule has 1 aliphatic heterocycles. The molecule has 1 amide bonds. The summed E-state index contributed by atoms with van der Waals surface area (Å²) in [6, 6.07) is 6.30. The molecule has 0 bridgehead atoms. The van der Waals surface area contributed by atoms with Gasteiger partial charge in [-0.2, -0.15) is 0 Å². The number of fused-ring (bicyclic) bond motifs is 1. The lowest BCUT2D eigenvalue weighted by Crippen LogP contribution is -3.30. The van der Waals surface area contributed by atoms with Gasteiger partial charge in [0.05, 0.1) is 36.9 Å². The molecule has 168 valence electrons. The Kier molecular flexibility index (Phi) is 6.77. The van der Waals surface area contributed by atoms with Crippen molar-refractivity contribution in [3.8, 4) is 5.75 Å². The lowest BCUT2D eigenvalue weighted by Gasteiger charge is -2.36. The van der Waals surface area contributed by atoms with Crippen LogP contribution < -0.4 is 19.9 Å². The predicted molar refractivity (Wildman–Crippen MR) is 118 cm³/mol. The van der Waals surface area contributed by atoms with Crippen molar-refractivity contribution >= 4 is 28.5 Å². The van der Waals surface area contributed by atoms with E-state index in [2.05, 4.69) is 10.3 Å². The SMILES string of the molecule is COC(=O)c1[nH]c2cccc(OC)c2c1NC(=O)C[NH+]1CC[NH+](C2CCCCC2)CC1. The van der Waals surface area contributed by atoms with Gasteiger partial charge in [0.25, 0.3) is 5.91 Å². The van der Waals surface area contributed by atoms with Gasteiger partial charge in [0.2, 0.25) is 0 Å². The standard InChI is InChI=1S/C23H32N4O4/c1-30-18-10-6-9-17-20(18)21(22(24-17)23(29)31-2)25-19(28)15-26-11-13-27(14-12-26)16-7-4-3-5-8-16/h6,9-10,16,24H,3-5,7-8,11-15H2,1-2H3,(H,25,28)/p+2. The average Bonchev–Trinajstić information content (AvgIpc) is 3.18. The van der Waals surface area contributed by atoms with Gasteiger partial charge in [-0.1, -0.05) is 12.5 Å².